The van der Waals surface area contributed by atoms with Gasteiger partial charge < -0.3 is 19.7 Å². The van der Waals surface area contributed by atoms with Crippen LogP contribution < -0.4 is 19.1 Å². The minimum Gasteiger partial charge on any atom is -0.493 e. The van der Waals surface area contributed by atoms with Gasteiger partial charge in [0.15, 0.2) is 11.5 Å². The van der Waals surface area contributed by atoms with Gasteiger partial charge in [0.05, 0.1) is 34.8 Å². The Morgan fingerprint density at radius 1 is 0.911 bits per heavy atom. The Kier molecular flexibility index (Phi) is 11.6. The first-order valence-electron chi connectivity index (χ1n) is 14.8. The van der Waals surface area contributed by atoms with Crippen LogP contribution in [0.15, 0.2) is 65.6 Å². The molecule has 9 nitrogen and oxygen atoms in total. The lowest BCUT2D eigenvalue weighted by Gasteiger charge is -2.33. The fourth-order valence-electron chi connectivity index (χ4n) is 5.33. The van der Waals surface area contributed by atoms with Crippen LogP contribution in [0.4, 0.5) is 5.69 Å². The first-order chi connectivity index (χ1) is 21.4. The average molecular weight is 677 g/mol. The van der Waals surface area contributed by atoms with Crippen molar-refractivity contribution in [2.45, 2.75) is 69.5 Å². The molecule has 3 aromatic carbocycles. The molecule has 1 aliphatic rings. The van der Waals surface area contributed by atoms with Crippen molar-refractivity contribution in [3.63, 3.8) is 0 Å². The molecule has 0 spiro atoms. The van der Waals surface area contributed by atoms with E-state index in [0.29, 0.717) is 21.4 Å². The van der Waals surface area contributed by atoms with Gasteiger partial charge in [-0.15, -0.1) is 0 Å². The second-order valence-corrected chi connectivity index (χ2v) is 13.8. The third kappa shape index (κ3) is 8.42. The molecule has 242 valence electrons. The molecule has 1 saturated carbocycles. The minimum absolute atomic E-state index is 0.00706. The van der Waals surface area contributed by atoms with Gasteiger partial charge in [0, 0.05) is 18.7 Å². The Morgan fingerprint density at radius 2 is 1.58 bits per heavy atom. The molecule has 1 N–H and O–H groups in total. The van der Waals surface area contributed by atoms with E-state index in [-0.39, 0.29) is 34.8 Å². The number of amides is 2. The molecule has 0 aromatic heterocycles. The standard InChI is InChI=1S/C33H39Cl2N3O6S/c1-22-10-13-26(14-11-22)38(45(41,42)27-15-17-30(43-3)31(19-27)44-4)21-32(39)37(20-24-12-16-28(34)29(35)18-24)23(2)33(40)36-25-8-6-5-7-9-25/h10-19,23,25H,5-9,20-21H2,1-4H3,(H,36,40). The Balaban J connectivity index is 1.71. The summed E-state index contributed by atoms with van der Waals surface area (Å²) in [6, 6.07) is 15.2. The van der Waals surface area contributed by atoms with Crippen molar-refractivity contribution in [3.05, 3.63) is 81.8 Å². The van der Waals surface area contributed by atoms with Gasteiger partial charge >= 0.3 is 0 Å². The molecule has 0 bridgehead atoms. The molecule has 1 aliphatic carbocycles. The molecular weight excluding hydrogens is 637 g/mol. The van der Waals surface area contributed by atoms with Gasteiger partial charge in [0.2, 0.25) is 11.8 Å². The summed E-state index contributed by atoms with van der Waals surface area (Å²) in [5, 5.41) is 3.75. The largest absolute Gasteiger partial charge is 0.493 e. The molecule has 12 heteroatoms. The average Bonchev–Trinajstić information content (AvgIpc) is 3.04. The van der Waals surface area contributed by atoms with Crippen LogP contribution in [0.2, 0.25) is 10.0 Å². The number of aryl methyl sites for hydroxylation is 1. The lowest BCUT2D eigenvalue weighted by molar-refractivity contribution is -0.139. The molecule has 4 rings (SSSR count). The molecule has 0 aliphatic heterocycles. The van der Waals surface area contributed by atoms with E-state index in [2.05, 4.69) is 5.32 Å². The predicted molar refractivity (Wildman–Crippen MR) is 177 cm³/mol. The summed E-state index contributed by atoms with van der Waals surface area (Å²) in [4.78, 5) is 29.0. The maximum atomic E-state index is 14.2. The number of carbonyl (C=O) groups excluding carboxylic acids is 2. The molecule has 0 heterocycles. The highest BCUT2D eigenvalue weighted by Gasteiger charge is 2.33. The van der Waals surface area contributed by atoms with Gasteiger partial charge in [-0.1, -0.05) is 66.2 Å². The number of ether oxygens (including phenoxy) is 2. The Labute approximate surface area is 275 Å². The number of hydrogen-bond donors (Lipinski definition) is 1. The van der Waals surface area contributed by atoms with E-state index in [4.69, 9.17) is 32.7 Å². The van der Waals surface area contributed by atoms with Crippen molar-refractivity contribution in [1.82, 2.24) is 10.2 Å². The highest BCUT2D eigenvalue weighted by atomic mass is 35.5. The summed E-state index contributed by atoms with van der Waals surface area (Å²) >= 11 is 12.4. The number of benzene rings is 3. The summed E-state index contributed by atoms with van der Waals surface area (Å²) in [7, 11) is -1.43. The maximum absolute atomic E-state index is 14.2. The lowest BCUT2D eigenvalue weighted by Crippen LogP contribution is -2.53. The van der Waals surface area contributed by atoms with E-state index < -0.39 is 28.5 Å². The summed E-state index contributed by atoms with van der Waals surface area (Å²) < 4.78 is 40.1. The second kappa shape index (κ2) is 15.2. The molecule has 0 saturated heterocycles. The van der Waals surface area contributed by atoms with Gasteiger partial charge in [0.25, 0.3) is 10.0 Å². The molecule has 0 radical (unpaired) electrons. The summed E-state index contributed by atoms with van der Waals surface area (Å²) in [6.45, 7) is 2.97. The third-order valence-corrected chi connectivity index (χ3v) is 10.5. The number of hydrogen-bond acceptors (Lipinski definition) is 6. The molecule has 1 unspecified atom stereocenters. The normalized spacial score (nSPS) is 14.4. The van der Waals surface area contributed by atoms with E-state index >= 15 is 0 Å². The highest BCUT2D eigenvalue weighted by Crippen LogP contribution is 2.33. The Bertz CT molecular complexity index is 1610. The number of nitrogens with zero attached hydrogens (tertiary/aromatic N) is 2. The number of halogens is 2. The van der Waals surface area contributed by atoms with Crippen molar-refractivity contribution in [3.8, 4) is 11.5 Å². The Morgan fingerprint density at radius 3 is 2.20 bits per heavy atom. The number of carbonyl (C=O) groups is 2. The van der Waals surface area contributed by atoms with Crippen LogP contribution >= 0.6 is 23.2 Å². The van der Waals surface area contributed by atoms with Crippen LogP contribution in [0.1, 0.15) is 50.2 Å². The Hall–Kier alpha value is -3.47. The first-order valence-corrected chi connectivity index (χ1v) is 17.0. The van der Waals surface area contributed by atoms with Gasteiger partial charge in [-0.25, -0.2) is 8.42 Å². The monoisotopic (exact) mass is 675 g/mol. The van der Waals surface area contributed by atoms with Crippen molar-refractivity contribution in [1.29, 1.82) is 0 Å². The van der Waals surface area contributed by atoms with Crippen LogP contribution in [0.25, 0.3) is 0 Å². The highest BCUT2D eigenvalue weighted by molar-refractivity contribution is 7.92. The number of anilines is 1. The van der Waals surface area contributed by atoms with Crippen LogP contribution in [-0.2, 0) is 26.2 Å². The molecule has 1 fully saturated rings. The van der Waals surface area contributed by atoms with E-state index in [0.717, 1.165) is 42.0 Å². The minimum atomic E-state index is -4.30. The predicted octanol–water partition coefficient (Wildman–Crippen LogP) is 6.38. The zero-order chi connectivity index (χ0) is 32.7. The SMILES string of the molecule is COc1ccc(S(=O)(=O)N(CC(=O)N(Cc2ccc(Cl)c(Cl)c2)C(C)C(=O)NC2CCCCC2)c2ccc(C)cc2)cc1OC. The zero-order valence-electron chi connectivity index (χ0n) is 25.9. The van der Waals surface area contributed by atoms with E-state index in [1.807, 2.05) is 6.92 Å². The second-order valence-electron chi connectivity index (χ2n) is 11.2. The van der Waals surface area contributed by atoms with Crippen LogP contribution in [0, 0.1) is 6.92 Å². The van der Waals surface area contributed by atoms with Gasteiger partial charge in [0.1, 0.15) is 12.6 Å². The third-order valence-electron chi connectivity index (χ3n) is 8.00. The van der Waals surface area contributed by atoms with Crippen LogP contribution in [-0.4, -0.2) is 58.0 Å². The van der Waals surface area contributed by atoms with Gasteiger partial charge in [-0.3, -0.25) is 13.9 Å². The molecule has 3 aromatic rings. The fourth-order valence-corrected chi connectivity index (χ4v) is 7.08. The zero-order valence-corrected chi connectivity index (χ0v) is 28.2. The quantitative estimate of drug-likeness (QED) is 0.239. The van der Waals surface area contributed by atoms with E-state index in [1.54, 1.807) is 49.4 Å². The first kappa shape index (κ1) is 34.4. The number of nitrogens with one attached hydrogen (secondary N) is 1. The number of rotatable bonds is 12. The van der Waals surface area contributed by atoms with Crippen molar-refractivity contribution >= 4 is 50.7 Å². The van der Waals surface area contributed by atoms with Crippen LogP contribution in [0.3, 0.4) is 0 Å². The van der Waals surface area contributed by atoms with Crippen molar-refractivity contribution in [2.75, 3.05) is 25.1 Å². The summed E-state index contributed by atoms with van der Waals surface area (Å²) in [5.41, 5.74) is 1.85. The smallest absolute Gasteiger partial charge is 0.264 e. The molecule has 1 atom stereocenters. The van der Waals surface area contributed by atoms with Crippen molar-refractivity contribution in [2.24, 2.45) is 0 Å². The topological polar surface area (TPSA) is 105 Å². The van der Waals surface area contributed by atoms with Gasteiger partial charge in [-0.2, -0.15) is 0 Å². The number of sulfonamides is 1. The lowest BCUT2D eigenvalue weighted by atomic mass is 9.95. The molecule has 45 heavy (non-hydrogen) atoms. The van der Waals surface area contributed by atoms with Gasteiger partial charge in [-0.05, 0) is 68.7 Å². The number of methoxy groups -OCH3 is 2. The van der Waals surface area contributed by atoms with Crippen molar-refractivity contribution < 1.29 is 27.5 Å². The summed E-state index contributed by atoms with van der Waals surface area (Å²) in [5.74, 6) is -0.292. The van der Waals surface area contributed by atoms with Crippen LogP contribution in [0.5, 0.6) is 11.5 Å². The summed E-state index contributed by atoms with van der Waals surface area (Å²) in [6.07, 6.45) is 4.96. The fraction of sp³-hybridized carbons (Fsp3) is 0.394. The van der Waals surface area contributed by atoms with E-state index in [1.165, 1.54) is 37.3 Å². The molecule has 2 amide bonds. The van der Waals surface area contributed by atoms with E-state index in [9.17, 15) is 18.0 Å². The maximum Gasteiger partial charge on any atom is 0.264 e. The molecular formula is C33H39Cl2N3O6S.